The second kappa shape index (κ2) is 11.7. The average molecular weight is 513 g/mol. The molecule has 36 heavy (non-hydrogen) atoms. The molecule has 1 fully saturated rings. The van der Waals surface area contributed by atoms with Gasteiger partial charge in [0.25, 0.3) is 0 Å². The third-order valence-electron chi connectivity index (χ3n) is 6.37. The quantitative estimate of drug-likeness (QED) is 0.377. The van der Waals surface area contributed by atoms with Crippen molar-refractivity contribution in [3.8, 4) is 22.9 Å². The van der Waals surface area contributed by atoms with E-state index in [0.717, 1.165) is 35.5 Å². The third-order valence-corrected chi connectivity index (χ3v) is 8.39. The van der Waals surface area contributed by atoms with Crippen molar-refractivity contribution in [2.45, 2.75) is 48.7 Å². The van der Waals surface area contributed by atoms with Crippen LogP contribution in [0.4, 0.5) is 0 Å². The highest BCUT2D eigenvalue weighted by Crippen LogP contribution is 2.32. The molecule has 1 amide bonds. The number of hydrogen-bond donors (Lipinski definition) is 2. The molecule has 9 nitrogen and oxygen atoms in total. The van der Waals surface area contributed by atoms with Crippen LogP contribution in [-0.4, -0.2) is 57.0 Å². The van der Waals surface area contributed by atoms with Crippen LogP contribution in [0.15, 0.2) is 47.4 Å². The molecule has 1 unspecified atom stereocenters. The normalized spacial score (nSPS) is 15.8. The Labute approximate surface area is 213 Å². The lowest BCUT2D eigenvalue weighted by atomic mass is 9.98. The zero-order valence-electron chi connectivity index (χ0n) is 20.6. The van der Waals surface area contributed by atoms with Crippen LogP contribution >= 0.6 is 0 Å². The summed E-state index contributed by atoms with van der Waals surface area (Å²) in [6.07, 6.45) is 3.03. The van der Waals surface area contributed by atoms with E-state index >= 15 is 0 Å². The first-order chi connectivity index (χ1) is 17.4. The molecular weight excluding hydrogens is 480 g/mol. The predicted molar refractivity (Wildman–Crippen MR) is 136 cm³/mol. The summed E-state index contributed by atoms with van der Waals surface area (Å²) in [4.78, 5) is 17.3. The number of H-pyrrole nitrogens is 1. The van der Waals surface area contributed by atoms with Crippen molar-refractivity contribution in [3.63, 3.8) is 0 Å². The monoisotopic (exact) mass is 512 g/mol. The summed E-state index contributed by atoms with van der Waals surface area (Å²) < 4.78 is 28.6. The molecule has 0 aliphatic carbocycles. The Morgan fingerprint density at radius 1 is 1.17 bits per heavy atom. The summed E-state index contributed by atoms with van der Waals surface area (Å²) in [5.41, 5.74) is 7.71. The largest absolute Gasteiger partial charge is 0.497 e. The maximum atomic E-state index is 13.2. The molecule has 10 heteroatoms. The number of aryl methyl sites for hydroxylation is 2. The molecule has 2 heterocycles. The number of nitrogens with one attached hydrogen (secondary N) is 1. The average Bonchev–Trinajstić information content (AvgIpc) is 3.40. The van der Waals surface area contributed by atoms with Gasteiger partial charge in [-0.05, 0) is 73.7 Å². The number of carbonyl (C=O) groups excluding carboxylic acids is 1. The Kier molecular flexibility index (Phi) is 8.37. The van der Waals surface area contributed by atoms with E-state index in [-0.39, 0.29) is 0 Å². The Morgan fingerprint density at radius 2 is 1.92 bits per heavy atom. The van der Waals surface area contributed by atoms with Crippen LogP contribution in [0.1, 0.15) is 37.6 Å². The molecule has 1 saturated heterocycles. The third kappa shape index (κ3) is 5.76. The molecular formula is C26H32N4O5S. The van der Waals surface area contributed by atoms with Crippen molar-refractivity contribution >= 4 is 16.7 Å². The highest BCUT2D eigenvalue weighted by Gasteiger charge is 2.45. The minimum absolute atomic E-state index is 0.355. The number of hydrogen-bond acceptors (Lipinski definition) is 7. The second-order valence-electron chi connectivity index (χ2n) is 8.69. The summed E-state index contributed by atoms with van der Waals surface area (Å²) in [6.45, 7) is 3.34. The lowest BCUT2D eigenvalue weighted by Gasteiger charge is -2.33. The van der Waals surface area contributed by atoms with Gasteiger partial charge in [0, 0.05) is 30.1 Å². The van der Waals surface area contributed by atoms with E-state index in [0.29, 0.717) is 55.6 Å². The summed E-state index contributed by atoms with van der Waals surface area (Å²) in [7, 11) is 0.0969. The van der Waals surface area contributed by atoms with Crippen molar-refractivity contribution < 1.29 is 23.2 Å². The number of rotatable bonds is 11. The van der Waals surface area contributed by atoms with Crippen molar-refractivity contribution in [2.24, 2.45) is 5.73 Å². The molecule has 0 bridgehead atoms. The maximum Gasteiger partial charge on any atom is 0.236 e. The standard InChI is InChI=1S/C26H32N4O5S/c1-3-18-15-19(17-21(16-18)33-2)24-28-23(29-30-24)5-4-12-35-20-6-8-22(9-7-20)36(32)26(25(27)31)10-13-34-14-11-26/h6-9,15-17H,3-5,10-14H2,1-2H3,(H2,27,31)(H,28,29,30). The molecule has 3 N–H and O–H groups in total. The molecule has 2 aromatic carbocycles. The fourth-order valence-corrected chi connectivity index (χ4v) is 5.74. The van der Waals surface area contributed by atoms with Crippen LogP contribution in [0.25, 0.3) is 11.4 Å². The zero-order valence-corrected chi connectivity index (χ0v) is 21.4. The van der Waals surface area contributed by atoms with Gasteiger partial charge in [0.05, 0.1) is 24.5 Å². The van der Waals surface area contributed by atoms with Gasteiger partial charge < -0.3 is 19.9 Å². The van der Waals surface area contributed by atoms with E-state index in [9.17, 15) is 9.00 Å². The van der Waals surface area contributed by atoms with Gasteiger partial charge in [0.1, 0.15) is 22.1 Å². The van der Waals surface area contributed by atoms with Gasteiger partial charge in [-0.15, -0.1) is 0 Å². The number of primary amides is 1. The number of nitrogens with two attached hydrogens (primary N) is 1. The van der Waals surface area contributed by atoms with E-state index in [1.54, 1.807) is 31.4 Å². The van der Waals surface area contributed by atoms with E-state index in [2.05, 4.69) is 28.2 Å². The number of amides is 1. The molecule has 3 aromatic rings. The summed E-state index contributed by atoms with van der Waals surface area (Å²) >= 11 is 0. The Hall–Kier alpha value is -3.24. The van der Waals surface area contributed by atoms with Gasteiger partial charge in [-0.1, -0.05) is 6.92 Å². The molecule has 0 radical (unpaired) electrons. The van der Waals surface area contributed by atoms with Crippen LogP contribution < -0.4 is 15.2 Å². The van der Waals surface area contributed by atoms with E-state index in [1.807, 2.05) is 12.1 Å². The fraction of sp³-hybridized carbons (Fsp3) is 0.423. The number of carbonyl (C=O) groups is 1. The molecule has 4 rings (SSSR count). The zero-order chi connectivity index (χ0) is 25.5. The number of methoxy groups -OCH3 is 1. The Balaban J connectivity index is 1.30. The summed E-state index contributed by atoms with van der Waals surface area (Å²) in [5.74, 6) is 2.33. The molecule has 1 aromatic heterocycles. The van der Waals surface area contributed by atoms with Crippen LogP contribution in [0.5, 0.6) is 11.5 Å². The van der Waals surface area contributed by atoms with Gasteiger partial charge in [0.15, 0.2) is 5.82 Å². The number of aromatic nitrogens is 3. The number of benzene rings is 2. The first-order valence-electron chi connectivity index (χ1n) is 12.1. The van der Waals surface area contributed by atoms with Gasteiger partial charge >= 0.3 is 0 Å². The van der Waals surface area contributed by atoms with Gasteiger partial charge in [-0.25, -0.2) is 4.98 Å². The first-order valence-corrected chi connectivity index (χ1v) is 13.2. The fourth-order valence-electron chi connectivity index (χ4n) is 4.19. The minimum atomic E-state index is -1.55. The van der Waals surface area contributed by atoms with Crippen LogP contribution in [-0.2, 0) is 33.2 Å². The lowest BCUT2D eigenvalue weighted by Crippen LogP contribution is -2.51. The highest BCUT2D eigenvalue weighted by molar-refractivity contribution is 7.87. The van der Waals surface area contributed by atoms with Gasteiger partial charge in [-0.2, -0.15) is 5.10 Å². The summed E-state index contributed by atoms with van der Waals surface area (Å²) in [6, 6.07) is 13.0. The Morgan fingerprint density at radius 3 is 2.58 bits per heavy atom. The van der Waals surface area contributed by atoms with Crippen LogP contribution in [0.2, 0.25) is 0 Å². The van der Waals surface area contributed by atoms with Crippen molar-refractivity contribution in [2.75, 3.05) is 26.9 Å². The lowest BCUT2D eigenvalue weighted by molar-refractivity contribution is -0.122. The first kappa shape index (κ1) is 25.8. The molecule has 192 valence electrons. The predicted octanol–water partition coefficient (Wildman–Crippen LogP) is 3.20. The van der Waals surface area contributed by atoms with E-state index in [4.69, 9.17) is 19.9 Å². The summed E-state index contributed by atoms with van der Waals surface area (Å²) in [5, 5.41) is 7.36. The molecule has 1 aliphatic heterocycles. The Bertz CT molecular complexity index is 1180. The molecule has 1 aliphatic rings. The molecule has 0 saturated carbocycles. The smallest absolute Gasteiger partial charge is 0.236 e. The maximum absolute atomic E-state index is 13.2. The topological polar surface area (TPSA) is 129 Å². The molecule has 0 spiro atoms. The van der Waals surface area contributed by atoms with Crippen LogP contribution in [0, 0.1) is 0 Å². The van der Waals surface area contributed by atoms with Gasteiger partial charge in [0.2, 0.25) is 5.91 Å². The number of aromatic amines is 1. The second-order valence-corrected chi connectivity index (χ2v) is 10.5. The van der Waals surface area contributed by atoms with E-state index in [1.165, 1.54) is 0 Å². The van der Waals surface area contributed by atoms with Crippen molar-refractivity contribution in [1.82, 2.24) is 15.2 Å². The highest BCUT2D eigenvalue weighted by atomic mass is 32.2. The van der Waals surface area contributed by atoms with Gasteiger partial charge in [-0.3, -0.25) is 14.1 Å². The SMILES string of the molecule is CCc1cc(OC)cc(-c2n[nH]c(CCCOc3ccc(S(=O)C4(C(N)=O)CCOCC4)cc3)n2)c1. The number of nitrogens with zero attached hydrogens (tertiary/aromatic N) is 2. The minimum Gasteiger partial charge on any atom is -0.497 e. The van der Waals surface area contributed by atoms with E-state index < -0.39 is 21.5 Å². The van der Waals surface area contributed by atoms with Crippen molar-refractivity contribution in [3.05, 3.63) is 53.9 Å². The van der Waals surface area contributed by atoms with Crippen LogP contribution in [0.3, 0.4) is 0 Å². The number of ether oxygens (including phenoxy) is 3. The van der Waals surface area contributed by atoms with Crippen molar-refractivity contribution in [1.29, 1.82) is 0 Å². The molecule has 1 atom stereocenters.